The van der Waals surface area contributed by atoms with Crippen LogP contribution < -0.4 is 0 Å². The van der Waals surface area contributed by atoms with Gasteiger partial charge < -0.3 is 0 Å². The fourth-order valence-corrected chi connectivity index (χ4v) is 1.76. The van der Waals surface area contributed by atoms with Gasteiger partial charge in [-0.1, -0.05) is 56.3 Å². The third-order valence-electron chi connectivity index (χ3n) is 2.24. The number of ketones is 1. The third kappa shape index (κ3) is 9.60. The molecule has 0 heterocycles. The second kappa shape index (κ2) is 10.9. The van der Waals surface area contributed by atoms with E-state index in [9.17, 15) is 9.18 Å². The van der Waals surface area contributed by atoms with Crippen LogP contribution in [0.25, 0.3) is 0 Å². The smallest absolute Gasteiger partial charge is 0.187 e. The summed E-state index contributed by atoms with van der Waals surface area (Å²) in [4.78, 5) is 9.67. The van der Waals surface area contributed by atoms with E-state index >= 15 is 0 Å². The van der Waals surface area contributed by atoms with E-state index in [-0.39, 0.29) is 0 Å². The van der Waals surface area contributed by atoms with Crippen LogP contribution in [0.1, 0.15) is 51.7 Å². The zero-order valence-corrected chi connectivity index (χ0v) is 14.3. The van der Waals surface area contributed by atoms with Gasteiger partial charge in [0.1, 0.15) is 0 Å². The van der Waals surface area contributed by atoms with Gasteiger partial charge in [0.05, 0.1) is 0 Å². The topological polar surface area (TPSA) is 17.1 Å². The first kappa shape index (κ1) is 20.4. The van der Waals surface area contributed by atoms with Gasteiger partial charge in [0.15, 0.2) is 11.6 Å². The number of hydrogen-bond donors (Lipinski definition) is 0. The Morgan fingerprint density at radius 2 is 1.74 bits per heavy atom. The summed E-state index contributed by atoms with van der Waals surface area (Å²) in [5.41, 5.74) is 2.81. The number of benzene rings is 1. The lowest BCUT2D eigenvalue weighted by atomic mass is 9.99. The number of hydrogen-bond acceptors (Lipinski definition) is 1. The molecule has 0 saturated heterocycles. The van der Waals surface area contributed by atoms with Crippen molar-refractivity contribution >= 4 is 21.7 Å². The fraction of sp³-hybridized carbons (Fsp3) is 0.438. The minimum Gasteiger partial charge on any atom is -0.292 e. The van der Waals surface area contributed by atoms with Crippen molar-refractivity contribution in [3.63, 3.8) is 0 Å². The van der Waals surface area contributed by atoms with Gasteiger partial charge in [0.2, 0.25) is 0 Å². The van der Waals surface area contributed by atoms with Gasteiger partial charge >= 0.3 is 0 Å². The molecule has 1 aromatic carbocycles. The Hall–Kier alpha value is -0.960. The summed E-state index contributed by atoms with van der Waals surface area (Å²) in [5, 5.41) is 0. The molecule has 19 heavy (non-hydrogen) atoms. The summed E-state index contributed by atoms with van der Waals surface area (Å²) in [5.74, 6) is -0.854. The standard InChI is InChI=1S/C10H13Br.C4H5FO.C2H6/c1-7(2)10-5-4-9(11)6-8(10)3;1-3(5)4(2)6;1-2/h4-7H,1-3H3;1H2,2H3;1-2H3. The minimum atomic E-state index is -0.880. The molecule has 1 aromatic rings. The van der Waals surface area contributed by atoms with Crippen LogP contribution in [0.2, 0.25) is 0 Å². The Bertz CT molecular complexity index is 399. The first-order valence-corrected chi connectivity index (χ1v) is 7.16. The molecule has 0 aliphatic heterocycles. The van der Waals surface area contributed by atoms with E-state index in [0.29, 0.717) is 5.92 Å². The molecule has 1 rings (SSSR count). The van der Waals surface area contributed by atoms with Crippen LogP contribution >= 0.6 is 15.9 Å². The Labute approximate surface area is 125 Å². The summed E-state index contributed by atoms with van der Waals surface area (Å²) in [6.07, 6.45) is 0. The van der Waals surface area contributed by atoms with Crippen molar-refractivity contribution in [2.45, 2.75) is 47.5 Å². The Morgan fingerprint density at radius 1 is 1.32 bits per heavy atom. The number of allylic oxidation sites excluding steroid dienone is 1. The molecule has 0 aromatic heterocycles. The second-order valence-electron chi connectivity index (χ2n) is 4.12. The highest BCUT2D eigenvalue weighted by atomic mass is 79.9. The van der Waals surface area contributed by atoms with Crippen LogP contribution in [0.3, 0.4) is 0 Å². The van der Waals surface area contributed by atoms with E-state index in [1.807, 2.05) is 13.8 Å². The highest BCUT2D eigenvalue weighted by Crippen LogP contribution is 2.22. The molecule has 0 radical (unpaired) electrons. The molecule has 0 amide bonds. The maximum Gasteiger partial charge on any atom is 0.187 e. The van der Waals surface area contributed by atoms with E-state index in [0.717, 1.165) is 6.92 Å². The molecule has 0 aliphatic carbocycles. The van der Waals surface area contributed by atoms with E-state index < -0.39 is 11.6 Å². The number of carbonyl (C=O) groups excluding carboxylic acids is 1. The SMILES string of the molecule is C=C(F)C(C)=O.CC.Cc1cc(Br)ccc1C(C)C. The van der Waals surface area contributed by atoms with Gasteiger partial charge in [-0.3, -0.25) is 4.79 Å². The lowest BCUT2D eigenvalue weighted by Crippen LogP contribution is -1.90. The first-order valence-electron chi connectivity index (χ1n) is 6.37. The molecular formula is C16H24BrFO. The van der Waals surface area contributed by atoms with Gasteiger partial charge in [-0.2, -0.15) is 0 Å². The van der Waals surface area contributed by atoms with Crippen molar-refractivity contribution in [1.29, 1.82) is 0 Å². The van der Waals surface area contributed by atoms with Crippen LogP contribution in [0, 0.1) is 6.92 Å². The van der Waals surface area contributed by atoms with Crippen LogP contribution in [0.4, 0.5) is 4.39 Å². The van der Waals surface area contributed by atoms with Gasteiger partial charge in [-0.25, -0.2) is 4.39 Å². The van der Waals surface area contributed by atoms with Crippen molar-refractivity contribution in [2.75, 3.05) is 0 Å². The minimum absolute atomic E-state index is 0.602. The Kier molecular flexibility index (Phi) is 11.7. The largest absolute Gasteiger partial charge is 0.292 e. The van der Waals surface area contributed by atoms with Gasteiger partial charge in [0, 0.05) is 11.4 Å². The fourth-order valence-electron chi connectivity index (χ4n) is 1.29. The van der Waals surface area contributed by atoms with Gasteiger partial charge in [-0.05, 0) is 36.1 Å². The number of Topliss-reactive ketones (excluding diaryl/α,β-unsaturated/α-hetero) is 1. The van der Waals surface area contributed by atoms with Crippen molar-refractivity contribution in [3.05, 3.63) is 46.2 Å². The molecule has 0 aliphatic rings. The van der Waals surface area contributed by atoms with Gasteiger partial charge in [-0.15, -0.1) is 0 Å². The van der Waals surface area contributed by atoms with Crippen LogP contribution in [-0.2, 0) is 4.79 Å². The third-order valence-corrected chi connectivity index (χ3v) is 2.73. The molecular weight excluding hydrogens is 307 g/mol. The molecule has 0 N–H and O–H groups in total. The zero-order valence-electron chi connectivity index (χ0n) is 12.7. The highest BCUT2D eigenvalue weighted by molar-refractivity contribution is 9.10. The molecule has 0 saturated carbocycles. The molecule has 0 fully saturated rings. The van der Waals surface area contributed by atoms with E-state index in [2.05, 4.69) is 61.5 Å². The number of halogens is 2. The maximum atomic E-state index is 11.3. The van der Waals surface area contributed by atoms with Gasteiger partial charge in [0.25, 0.3) is 0 Å². The lowest BCUT2D eigenvalue weighted by molar-refractivity contribution is -0.114. The van der Waals surface area contributed by atoms with Crippen molar-refractivity contribution in [2.24, 2.45) is 0 Å². The number of rotatable bonds is 2. The van der Waals surface area contributed by atoms with E-state index in [4.69, 9.17) is 0 Å². The molecule has 0 spiro atoms. The molecule has 0 unspecified atom stereocenters. The summed E-state index contributed by atoms with van der Waals surface area (Å²) in [6.45, 7) is 14.5. The lowest BCUT2D eigenvalue weighted by Gasteiger charge is -2.08. The summed E-state index contributed by atoms with van der Waals surface area (Å²) in [7, 11) is 0. The average Bonchev–Trinajstić information content (AvgIpc) is 2.31. The Balaban J connectivity index is 0. The van der Waals surface area contributed by atoms with Crippen LogP contribution in [-0.4, -0.2) is 5.78 Å². The van der Waals surface area contributed by atoms with Crippen molar-refractivity contribution in [3.8, 4) is 0 Å². The van der Waals surface area contributed by atoms with E-state index in [1.54, 1.807) is 0 Å². The first-order chi connectivity index (χ1) is 8.75. The van der Waals surface area contributed by atoms with Crippen LogP contribution in [0.15, 0.2) is 35.1 Å². The quantitative estimate of drug-likeness (QED) is 0.611. The van der Waals surface area contributed by atoms with Crippen molar-refractivity contribution < 1.29 is 9.18 Å². The molecule has 0 atom stereocenters. The monoisotopic (exact) mass is 330 g/mol. The van der Waals surface area contributed by atoms with Crippen molar-refractivity contribution in [1.82, 2.24) is 0 Å². The summed E-state index contributed by atoms with van der Waals surface area (Å²) in [6, 6.07) is 6.45. The molecule has 3 heteroatoms. The number of carbonyl (C=O) groups is 1. The molecule has 1 nitrogen and oxygen atoms in total. The molecule has 108 valence electrons. The normalized spacial score (nSPS) is 8.89. The van der Waals surface area contributed by atoms with E-state index in [1.165, 1.54) is 15.6 Å². The predicted molar refractivity (Wildman–Crippen MR) is 85.2 cm³/mol. The average molecular weight is 331 g/mol. The predicted octanol–water partition coefficient (Wildman–Crippen LogP) is 5.97. The number of aryl methyl sites for hydroxylation is 1. The summed E-state index contributed by atoms with van der Waals surface area (Å²) >= 11 is 3.45. The maximum absolute atomic E-state index is 11.3. The molecule has 0 bridgehead atoms. The van der Waals surface area contributed by atoms with Crippen LogP contribution in [0.5, 0.6) is 0 Å². The summed E-state index contributed by atoms with van der Waals surface area (Å²) < 4.78 is 12.4. The zero-order chi connectivity index (χ0) is 15.6. The highest BCUT2D eigenvalue weighted by Gasteiger charge is 2.01. The second-order valence-corrected chi connectivity index (χ2v) is 5.03. The Morgan fingerprint density at radius 3 is 2.00 bits per heavy atom.